The van der Waals surface area contributed by atoms with Gasteiger partial charge in [-0.2, -0.15) is 0 Å². The van der Waals surface area contributed by atoms with Crippen LogP contribution in [0.15, 0.2) is 17.7 Å². The van der Waals surface area contributed by atoms with Gasteiger partial charge < -0.3 is 5.32 Å². The van der Waals surface area contributed by atoms with E-state index >= 15 is 0 Å². The highest BCUT2D eigenvalue weighted by Crippen LogP contribution is 2.21. The summed E-state index contributed by atoms with van der Waals surface area (Å²) in [7, 11) is 2.01. The van der Waals surface area contributed by atoms with Gasteiger partial charge in [0.2, 0.25) is 0 Å². The Bertz CT molecular complexity index is 391. The topological polar surface area (TPSA) is 12.0 Å². The summed E-state index contributed by atoms with van der Waals surface area (Å²) in [5.74, 6) is 0.586. The highest BCUT2D eigenvalue weighted by atomic mass is 14.8. The maximum absolute atomic E-state index is 3.25. The highest BCUT2D eigenvalue weighted by Gasteiger charge is 2.06. The maximum atomic E-state index is 3.25. The summed E-state index contributed by atoms with van der Waals surface area (Å²) in [6, 6.07) is 4.52. The van der Waals surface area contributed by atoms with Gasteiger partial charge in [0.1, 0.15) is 0 Å². The van der Waals surface area contributed by atoms with Gasteiger partial charge in [0.05, 0.1) is 0 Å². The third-order valence-electron chi connectivity index (χ3n) is 3.19. The molecule has 0 aliphatic carbocycles. The SMILES string of the molecule is CNCC(=Cc1c(C)cc(C)cc1C)C(C)C. The fourth-order valence-electron chi connectivity index (χ4n) is 2.23. The first-order valence-electron chi connectivity index (χ1n) is 6.38. The van der Waals surface area contributed by atoms with Crippen LogP contribution >= 0.6 is 0 Å². The van der Waals surface area contributed by atoms with Crippen LogP contribution in [0, 0.1) is 26.7 Å². The standard InChI is InChI=1S/C16H25N/c1-11(2)15(10-17-6)9-16-13(4)7-12(3)8-14(16)5/h7-9,11,17H,10H2,1-6H3. The summed E-state index contributed by atoms with van der Waals surface area (Å²) >= 11 is 0. The van der Waals surface area contributed by atoms with Crippen molar-refractivity contribution >= 4 is 6.08 Å². The number of hydrogen-bond donors (Lipinski definition) is 1. The fraction of sp³-hybridized carbons (Fsp3) is 0.500. The Morgan fingerprint density at radius 1 is 1.18 bits per heavy atom. The van der Waals surface area contributed by atoms with Crippen molar-refractivity contribution in [1.82, 2.24) is 5.32 Å². The number of likely N-dealkylation sites (N-methyl/N-ethyl adjacent to an activating group) is 1. The molecule has 1 heteroatoms. The first-order valence-corrected chi connectivity index (χ1v) is 6.38. The van der Waals surface area contributed by atoms with Gasteiger partial charge in [0.15, 0.2) is 0 Å². The molecular weight excluding hydrogens is 206 g/mol. The van der Waals surface area contributed by atoms with E-state index in [1.54, 1.807) is 0 Å². The van der Waals surface area contributed by atoms with Gasteiger partial charge in [-0.3, -0.25) is 0 Å². The van der Waals surface area contributed by atoms with Crippen LogP contribution < -0.4 is 5.32 Å². The monoisotopic (exact) mass is 231 g/mol. The van der Waals surface area contributed by atoms with E-state index in [4.69, 9.17) is 0 Å². The van der Waals surface area contributed by atoms with E-state index in [0.29, 0.717) is 5.92 Å². The third kappa shape index (κ3) is 3.71. The Labute approximate surface area is 106 Å². The van der Waals surface area contributed by atoms with Crippen LogP contribution in [0.25, 0.3) is 6.08 Å². The van der Waals surface area contributed by atoms with Gasteiger partial charge in [-0.1, -0.05) is 43.2 Å². The quantitative estimate of drug-likeness (QED) is 0.829. The molecule has 94 valence electrons. The van der Waals surface area contributed by atoms with Gasteiger partial charge in [0, 0.05) is 6.54 Å². The number of nitrogens with one attached hydrogen (secondary N) is 1. The smallest absolute Gasteiger partial charge is 0.0167 e. The second-order valence-corrected chi connectivity index (χ2v) is 5.22. The van der Waals surface area contributed by atoms with E-state index in [1.165, 1.54) is 27.8 Å². The van der Waals surface area contributed by atoms with Crippen molar-refractivity contribution in [2.75, 3.05) is 13.6 Å². The lowest BCUT2D eigenvalue weighted by Crippen LogP contribution is -2.14. The Hall–Kier alpha value is -1.08. The largest absolute Gasteiger partial charge is 0.316 e. The minimum absolute atomic E-state index is 0.586. The molecule has 1 rings (SSSR count). The second-order valence-electron chi connectivity index (χ2n) is 5.22. The van der Waals surface area contributed by atoms with Crippen LogP contribution in [0.4, 0.5) is 0 Å². The van der Waals surface area contributed by atoms with Crippen molar-refractivity contribution in [3.63, 3.8) is 0 Å². The van der Waals surface area contributed by atoms with Gasteiger partial charge in [-0.05, 0) is 50.4 Å². The van der Waals surface area contributed by atoms with Crippen LogP contribution in [-0.4, -0.2) is 13.6 Å². The second kappa shape index (κ2) is 6.02. The van der Waals surface area contributed by atoms with Crippen LogP contribution in [0.1, 0.15) is 36.1 Å². The molecule has 0 aromatic heterocycles. The van der Waals surface area contributed by atoms with Crippen molar-refractivity contribution in [2.24, 2.45) is 5.92 Å². The molecule has 1 N–H and O–H groups in total. The zero-order valence-corrected chi connectivity index (χ0v) is 12.0. The molecule has 0 amide bonds. The summed E-state index contributed by atoms with van der Waals surface area (Å²) < 4.78 is 0. The molecule has 0 saturated heterocycles. The summed E-state index contributed by atoms with van der Waals surface area (Å²) in [5.41, 5.74) is 6.93. The van der Waals surface area contributed by atoms with Gasteiger partial charge in [0.25, 0.3) is 0 Å². The van der Waals surface area contributed by atoms with E-state index in [1.807, 2.05) is 7.05 Å². The van der Waals surface area contributed by atoms with Crippen molar-refractivity contribution in [2.45, 2.75) is 34.6 Å². The lowest BCUT2D eigenvalue weighted by Gasteiger charge is -2.14. The number of rotatable bonds is 4. The maximum Gasteiger partial charge on any atom is 0.0167 e. The molecule has 1 nitrogen and oxygen atoms in total. The summed E-state index contributed by atoms with van der Waals surface area (Å²) in [5, 5.41) is 3.25. The molecule has 0 atom stereocenters. The van der Waals surface area contributed by atoms with E-state index in [0.717, 1.165) is 6.54 Å². The van der Waals surface area contributed by atoms with Crippen LogP contribution in [0.3, 0.4) is 0 Å². The molecule has 0 saturated carbocycles. The molecule has 0 spiro atoms. The molecule has 1 aromatic rings. The minimum atomic E-state index is 0.586. The van der Waals surface area contributed by atoms with E-state index in [9.17, 15) is 0 Å². The van der Waals surface area contributed by atoms with Crippen molar-refractivity contribution in [3.8, 4) is 0 Å². The molecule has 0 fully saturated rings. The van der Waals surface area contributed by atoms with E-state index < -0.39 is 0 Å². The third-order valence-corrected chi connectivity index (χ3v) is 3.19. The predicted molar refractivity (Wildman–Crippen MR) is 77.4 cm³/mol. The molecule has 17 heavy (non-hydrogen) atoms. The van der Waals surface area contributed by atoms with Crippen LogP contribution in [0.5, 0.6) is 0 Å². The Kier molecular flexibility index (Phi) is 4.95. The van der Waals surface area contributed by atoms with Crippen molar-refractivity contribution < 1.29 is 0 Å². The molecule has 0 bridgehead atoms. The Morgan fingerprint density at radius 2 is 1.71 bits per heavy atom. The predicted octanol–water partition coefficient (Wildman–Crippen LogP) is 3.87. The lowest BCUT2D eigenvalue weighted by molar-refractivity contribution is 0.713. The summed E-state index contributed by atoms with van der Waals surface area (Å²) in [4.78, 5) is 0. The van der Waals surface area contributed by atoms with Gasteiger partial charge in [-0.15, -0.1) is 0 Å². The first kappa shape index (κ1) is 14.0. The molecule has 0 unspecified atom stereocenters. The molecule has 0 heterocycles. The average Bonchev–Trinajstić information content (AvgIpc) is 2.21. The fourth-order valence-corrected chi connectivity index (χ4v) is 2.23. The zero-order valence-electron chi connectivity index (χ0n) is 12.0. The molecule has 0 aliphatic heterocycles. The molecule has 1 aromatic carbocycles. The summed E-state index contributed by atoms with van der Waals surface area (Å²) in [6.45, 7) is 12.0. The van der Waals surface area contributed by atoms with Crippen molar-refractivity contribution in [1.29, 1.82) is 0 Å². The van der Waals surface area contributed by atoms with Gasteiger partial charge >= 0.3 is 0 Å². The van der Waals surface area contributed by atoms with E-state index in [-0.39, 0.29) is 0 Å². The Morgan fingerprint density at radius 3 is 2.12 bits per heavy atom. The van der Waals surface area contributed by atoms with E-state index in [2.05, 4.69) is 58.1 Å². The summed E-state index contributed by atoms with van der Waals surface area (Å²) in [6.07, 6.45) is 2.35. The number of benzene rings is 1. The molecule has 0 aliphatic rings. The first-order chi connectivity index (χ1) is 7.95. The lowest BCUT2D eigenvalue weighted by atomic mass is 9.94. The normalized spacial score (nSPS) is 12.3. The minimum Gasteiger partial charge on any atom is -0.316 e. The number of hydrogen-bond acceptors (Lipinski definition) is 1. The molecule has 0 radical (unpaired) electrons. The average molecular weight is 231 g/mol. The van der Waals surface area contributed by atoms with Crippen LogP contribution in [-0.2, 0) is 0 Å². The van der Waals surface area contributed by atoms with Crippen LogP contribution in [0.2, 0.25) is 0 Å². The highest BCUT2D eigenvalue weighted by molar-refractivity contribution is 5.61. The van der Waals surface area contributed by atoms with Gasteiger partial charge in [-0.25, -0.2) is 0 Å². The zero-order chi connectivity index (χ0) is 13.0. The molecular formula is C16H25N. The number of aryl methyl sites for hydroxylation is 3. The Balaban J connectivity index is 3.19. The van der Waals surface area contributed by atoms with Crippen molar-refractivity contribution in [3.05, 3.63) is 40.0 Å².